The maximum absolute atomic E-state index is 5.54. The predicted molar refractivity (Wildman–Crippen MR) is 64.8 cm³/mol. The second-order valence-electron chi connectivity index (χ2n) is 3.70. The first-order valence-corrected chi connectivity index (χ1v) is 6.73. The highest BCUT2D eigenvalue weighted by atomic mass is 35.5. The molecule has 1 aromatic rings. The monoisotopic (exact) mass is 245 g/mol. The Morgan fingerprint density at radius 3 is 3.27 bits per heavy atom. The van der Waals surface area contributed by atoms with Gasteiger partial charge in [0.1, 0.15) is 0 Å². The summed E-state index contributed by atoms with van der Waals surface area (Å²) >= 11 is 7.42. The Labute approximate surface area is 99.8 Å². The second kappa shape index (κ2) is 5.85. The van der Waals surface area contributed by atoms with Crippen LogP contribution in [0.1, 0.15) is 10.4 Å². The molecule has 1 aliphatic heterocycles. The largest absolute Gasteiger partial charge is 0.379 e. The average molecular weight is 246 g/mol. The van der Waals surface area contributed by atoms with E-state index in [9.17, 15) is 0 Å². The molecule has 0 bridgehead atoms. The third-order valence-corrected chi connectivity index (χ3v) is 3.84. The van der Waals surface area contributed by atoms with Crippen LogP contribution in [0.2, 0.25) is 0 Å². The van der Waals surface area contributed by atoms with Gasteiger partial charge in [-0.3, -0.25) is 4.90 Å². The molecule has 2 nitrogen and oxygen atoms in total. The molecule has 0 aromatic carbocycles. The smallest absolute Gasteiger partial charge is 0.0602 e. The summed E-state index contributed by atoms with van der Waals surface area (Å²) in [5, 5.41) is 2.19. The first-order chi connectivity index (χ1) is 7.40. The van der Waals surface area contributed by atoms with E-state index in [2.05, 4.69) is 16.3 Å². The molecule has 0 radical (unpaired) electrons. The van der Waals surface area contributed by atoms with Gasteiger partial charge in [0.05, 0.1) is 13.2 Å². The lowest BCUT2D eigenvalue weighted by Gasteiger charge is -2.26. The van der Waals surface area contributed by atoms with Gasteiger partial charge in [0.2, 0.25) is 0 Å². The fourth-order valence-corrected chi connectivity index (χ4v) is 2.85. The summed E-state index contributed by atoms with van der Waals surface area (Å²) in [6.45, 7) is 4.73. The van der Waals surface area contributed by atoms with Gasteiger partial charge in [-0.2, -0.15) is 0 Å². The van der Waals surface area contributed by atoms with Crippen molar-refractivity contribution >= 4 is 22.9 Å². The number of alkyl halides is 1. The molecule has 0 spiro atoms. The van der Waals surface area contributed by atoms with Crippen molar-refractivity contribution in [3.05, 3.63) is 21.9 Å². The Bertz CT molecular complexity index is 303. The van der Waals surface area contributed by atoms with Crippen LogP contribution >= 0.6 is 22.9 Å². The standard InChI is InChI=1S/C11H16ClNOS/c12-3-6-14-7-5-13-4-1-11-10(9-13)2-8-15-11/h2,8H,1,3-7,9H2. The molecule has 0 aliphatic carbocycles. The average Bonchev–Trinajstić information content (AvgIpc) is 2.71. The maximum Gasteiger partial charge on any atom is 0.0602 e. The summed E-state index contributed by atoms with van der Waals surface area (Å²) in [5.74, 6) is 0.592. The summed E-state index contributed by atoms with van der Waals surface area (Å²) in [7, 11) is 0. The van der Waals surface area contributed by atoms with Crippen LogP contribution in [-0.2, 0) is 17.7 Å². The van der Waals surface area contributed by atoms with E-state index in [4.69, 9.17) is 16.3 Å². The minimum Gasteiger partial charge on any atom is -0.379 e. The van der Waals surface area contributed by atoms with Crippen LogP contribution < -0.4 is 0 Å². The van der Waals surface area contributed by atoms with Crippen molar-refractivity contribution in [2.75, 3.05) is 32.2 Å². The van der Waals surface area contributed by atoms with Crippen molar-refractivity contribution in [2.24, 2.45) is 0 Å². The van der Waals surface area contributed by atoms with Crippen molar-refractivity contribution in [2.45, 2.75) is 13.0 Å². The molecular weight excluding hydrogens is 230 g/mol. The number of rotatable bonds is 5. The first kappa shape index (κ1) is 11.4. The van der Waals surface area contributed by atoms with Crippen LogP contribution in [0.5, 0.6) is 0 Å². The summed E-state index contributed by atoms with van der Waals surface area (Å²) in [6, 6.07) is 2.24. The van der Waals surface area contributed by atoms with Crippen molar-refractivity contribution in [1.82, 2.24) is 4.90 Å². The van der Waals surface area contributed by atoms with Crippen LogP contribution in [0, 0.1) is 0 Å². The Morgan fingerprint density at radius 2 is 2.40 bits per heavy atom. The zero-order valence-electron chi connectivity index (χ0n) is 8.75. The summed E-state index contributed by atoms with van der Waals surface area (Å²) in [4.78, 5) is 4.01. The molecule has 0 N–H and O–H groups in total. The number of fused-ring (bicyclic) bond motifs is 1. The highest BCUT2D eigenvalue weighted by Gasteiger charge is 2.16. The fraction of sp³-hybridized carbons (Fsp3) is 0.636. The lowest BCUT2D eigenvalue weighted by Crippen LogP contribution is -2.32. The van der Waals surface area contributed by atoms with E-state index >= 15 is 0 Å². The zero-order chi connectivity index (χ0) is 10.5. The van der Waals surface area contributed by atoms with Crippen LogP contribution in [0.25, 0.3) is 0 Å². The number of halogens is 1. The molecule has 0 amide bonds. The molecule has 0 fully saturated rings. The van der Waals surface area contributed by atoms with Gasteiger partial charge >= 0.3 is 0 Å². The van der Waals surface area contributed by atoms with E-state index in [1.165, 1.54) is 12.0 Å². The molecule has 1 aromatic heterocycles. The molecule has 2 rings (SSSR count). The molecule has 0 saturated heterocycles. The summed E-state index contributed by atoms with van der Waals surface area (Å²) in [6.07, 6.45) is 1.20. The number of thiophene rings is 1. The molecule has 2 heterocycles. The number of hydrogen-bond donors (Lipinski definition) is 0. The Balaban J connectivity index is 1.73. The zero-order valence-corrected chi connectivity index (χ0v) is 10.3. The van der Waals surface area contributed by atoms with Crippen molar-refractivity contribution in [1.29, 1.82) is 0 Å². The lowest BCUT2D eigenvalue weighted by atomic mass is 10.1. The Morgan fingerprint density at radius 1 is 1.47 bits per heavy atom. The van der Waals surface area contributed by atoms with Crippen LogP contribution in [-0.4, -0.2) is 37.1 Å². The molecule has 1 aliphatic rings. The second-order valence-corrected chi connectivity index (χ2v) is 5.08. The van der Waals surface area contributed by atoms with E-state index in [-0.39, 0.29) is 0 Å². The molecule has 84 valence electrons. The van der Waals surface area contributed by atoms with Gasteiger partial charge in [-0.1, -0.05) is 0 Å². The van der Waals surface area contributed by atoms with Crippen molar-refractivity contribution in [3.8, 4) is 0 Å². The van der Waals surface area contributed by atoms with Gasteiger partial charge in [-0.15, -0.1) is 22.9 Å². The van der Waals surface area contributed by atoms with Gasteiger partial charge in [-0.05, 0) is 23.4 Å². The SMILES string of the molecule is ClCCOCCN1CCc2sccc2C1. The topological polar surface area (TPSA) is 12.5 Å². The van der Waals surface area contributed by atoms with Gasteiger partial charge in [-0.25, -0.2) is 0 Å². The molecule has 0 unspecified atom stereocenters. The summed E-state index contributed by atoms with van der Waals surface area (Å²) < 4.78 is 5.38. The minimum absolute atomic E-state index is 0.592. The van der Waals surface area contributed by atoms with Crippen LogP contribution in [0.15, 0.2) is 11.4 Å². The van der Waals surface area contributed by atoms with E-state index in [0.717, 1.165) is 26.2 Å². The Kier molecular flexibility index (Phi) is 4.44. The summed E-state index contributed by atoms with van der Waals surface area (Å²) in [5.41, 5.74) is 1.50. The minimum atomic E-state index is 0.592. The van der Waals surface area contributed by atoms with Gasteiger partial charge in [0, 0.05) is 30.4 Å². The molecular formula is C11H16ClNOS. The molecule has 4 heteroatoms. The van der Waals surface area contributed by atoms with E-state index < -0.39 is 0 Å². The number of nitrogens with zero attached hydrogens (tertiary/aromatic N) is 1. The maximum atomic E-state index is 5.54. The predicted octanol–water partition coefficient (Wildman–Crippen LogP) is 2.36. The van der Waals surface area contributed by atoms with E-state index in [1.807, 2.05) is 11.3 Å². The van der Waals surface area contributed by atoms with Gasteiger partial charge < -0.3 is 4.74 Å². The fourth-order valence-electron chi connectivity index (χ4n) is 1.85. The lowest BCUT2D eigenvalue weighted by molar-refractivity contribution is 0.110. The molecule has 15 heavy (non-hydrogen) atoms. The third-order valence-electron chi connectivity index (χ3n) is 2.66. The van der Waals surface area contributed by atoms with Gasteiger partial charge in [0.25, 0.3) is 0 Å². The normalized spacial score (nSPS) is 16.6. The number of hydrogen-bond acceptors (Lipinski definition) is 3. The number of ether oxygens (including phenoxy) is 1. The highest BCUT2D eigenvalue weighted by Crippen LogP contribution is 2.23. The van der Waals surface area contributed by atoms with Crippen LogP contribution in [0.3, 0.4) is 0 Å². The quantitative estimate of drug-likeness (QED) is 0.583. The highest BCUT2D eigenvalue weighted by molar-refractivity contribution is 7.10. The van der Waals surface area contributed by atoms with E-state index in [1.54, 1.807) is 4.88 Å². The third kappa shape index (κ3) is 3.18. The van der Waals surface area contributed by atoms with E-state index in [0.29, 0.717) is 12.5 Å². The molecule has 0 atom stereocenters. The first-order valence-electron chi connectivity index (χ1n) is 5.31. The van der Waals surface area contributed by atoms with Crippen LogP contribution in [0.4, 0.5) is 0 Å². The van der Waals surface area contributed by atoms with Crippen molar-refractivity contribution < 1.29 is 4.74 Å². The Hall–Kier alpha value is -0.0900. The van der Waals surface area contributed by atoms with Crippen molar-refractivity contribution in [3.63, 3.8) is 0 Å². The molecule has 0 saturated carbocycles. The van der Waals surface area contributed by atoms with Gasteiger partial charge in [0.15, 0.2) is 0 Å².